The summed E-state index contributed by atoms with van der Waals surface area (Å²) in [4.78, 5) is 35.4. The Bertz CT molecular complexity index is 1640. The summed E-state index contributed by atoms with van der Waals surface area (Å²) in [6.45, 7) is -0.166. The van der Waals surface area contributed by atoms with Crippen LogP contribution in [0.1, 0.15) is 42.6 Å². The number of hydrogen-bond donors (Lipinski definition) is 2. The lowest BCUT2D eigenvalue weighted by atomic mass is 10.0. The summed E-state index contributed by atoms with van der Waals surface area (Å²) in [6, 6.07) is 14.6. The monoisotopic (exact) mass is 583 g/mol. The van der Waals surface area contributed by atoms with Gasteiger partial charge in [-0.3, -0.25) is 9.59 Å². The van der Waals surface area contributed by atoms with Gasteiger partial charge in [0, 0.05) is 18.2 Å². The summed E-state index contributed by atoms with van der Waals surface area (Å²) >= 11 is 0. The third-order valence-corrected chi connectivity index (χ3v) is 8.19. The Morgan fingerprint density at radius 1 is 0.929 bits per heavy atom. The van der Waals surface area contributed by atoms with Gasteiger partial charge in [0.2, 0.25) is 11.8 Å². The number of amides is 2. The maximum Gasteiger partial charge on any atom is 0.403 e. The van der Waals surface area contributed by atoms with E-state index in [2.05, 4.69) is 20.6 Å². The van der Waals surface area contributed by atoms with Gasteiger partial charge in [0.05, 0.1) is 12.1 Å². The van der Waals surface area contributed by atoms with Crippen molar-refractivity contribution in [1.29, 1.82) is 0 Å². The van der Waals surface area contributed by atoms with Crippen LogP contribution in [0.2, 0.25) is 0 Å². The van der Waals surface area contributed by atoms with Gasteiger partial charge < -0.3 is 15.2 Å². The second kappa shape index (κ2) is 10.2. The van der Waals surface area contributed by atoms with Crippen molar-refractivity contribution in [3.63, 3.8) is 0 Å². The molecule has 218 valence electrons. The maximum atomic E-state index is 14.5. The minimum Gasteiger partial charge on any atom is -0.347 e. The van der Waals surface area contributed by atoms with Crippen LogP contribution in [0.3, 0.4) is 0 Å². The largest absolute Gasteiger partial charge is 0.403 e. The molecule has 0 saturated heterocycles. The molecule has 4 aromatic rings. The summed E-state index contributed by atoms with van der Waals surface area (Å²) < 4.78 is 71.8. The minimum absolute atomic E-state index is 0.166. The van der Waals surface area contributed by atoms with E-state index < -0.39 is 71.4 Å². The zero-order chi connectivity index (χ0) is 29.7. The average molecular weight is 584 g/mol. The van der Waals surface area contributed by atoms with Crippen molar-refractivity contribution < 1.29 is 31.5 Å². The number of halogens is 5. The first-order valence-electron chi connectivity index (χ1n) is 13.5. The molecule has 2 aliphatic carbocycles. The van der Waals surface area contributed by atoms with E-state index in [1.54, 1.807) is 18.3 Å². The first-order chi connectivity index (χ1) is 20.1. The number of hydrogen-bond acceptors (Lipinski definition) is 4. The molecule has 2 aliphatic rings. The van der Waals surface area contributed by atoms with E-state index >= 15 is 0 Å². The van der Waals surface area contributed by atoms with Gasteiger partial charge in [-0.05, 0) is 55.5 Å². The standard InChI is InChI=1S/C30H26F5N5O2/c31-20-8-4-9-21(32)19(20)16-23(39-27(42)28(11-12-28)30(33,34)35)26(41)37-17-24-38-22-10-5-15-36-25(22)40(24)29(13-14-29)18-6-2-1-3-7-18/h1-10,15,23H,11-14,16-17H2,(H,37,41)(H,39,42). The van der Waals surface area contributed by atoms with E-state index in [4.69, 9.17) is 0 Å². The van der Waals surface area contributed by atoms with Gasteiger partial charge in [0.15, 0.2) is 5.65 Å². The maximum absolute atomic E-state index is 14.5. The molecule has 2 N–H and O–H groups in total. The smallest absolute Gasteiger partial charge is 0.347 e. The lowest BCUT2D eigenvalue weighted by Crippen LogP contribution is -2.52. The van der Waals surface area contributed by atoms with Crippen molar-refractivity contribution in [3.05, 3.63) is 95.4 Å². The lowest BCUT2D eigenvalue weighted by molar-refractivity contribution is -0.192. The number of nitrogens with one attached hydrogen (secondary N) is 2. The van der Waals surface area contributed by atoms with Gasteiger partial charge in [-0.15, -0.1) is 0 Å². The first-order valence-corrected chi connectivity index (χ1v) is 13.5. The molecule has 2 saturated carbocycles. The molecule has 1 atom stereocenters. The van der Waals surface area contributed by atoms with Crippen LogP contribution in [0.4, 0.5) is 22.0 Å². The van der Waals surface area contributed by atoms with Crippen LogP contribution in [-0.4, -0.2) is 38.6 Å². The van der Waals surface area contributed by atoms with Gasteiger partial charge in [-0.1, -0.05) is 36.4 Å². The van der Waals surface area contributed by atoms with E-state index in [1.807, 2.05) is 34.9 Å². The second-order valence-electron chi connectivity index (χ2n) is 10.8. The third-order valence-electron chi connectivity index (χ3n) is 8.19. The molecule has 2 aromatic heterocycles. The Labute approximate surface area is 237 Å². The fourth-order valence-electron chi connectivity index (χ4n) is 5.53. The Kier molecular flexibility index (Phi) is 6.74. The molecular formula is C30H26F5N5O2. The summed E-state index contributed by atoms with van der Waals surface area (Å²) in [5.41, 5.74) is -1.37. The fourth-order valence-corrected chi connectivity index (χ4v) is 5.53. The van der Waals surface area contributed by atoms with E-state index in [1.165, 1.54) is 0 Å². The minimum atomic E-state index is -4.82. The molecule has 42 heavy (non-hydrogen) atoms. The number of fused-ring (bicyclic) bond motifs is 1. The number of benzene rings is 2. The molecule has 1 unspecified atom stereocenters. The molecule has 2 aromatic carbocycles. The number of carbonyl (C=O) groups excluding carboxylic acids is 2. The molecule has 2 fully saturated rings. The van der Waals surface area contributed by atoms with Crippen LogP contribution in [0, 0.1) is 17.0 Å². The molecule has 6 rings (SSSR count). The highest BCUT2D eigenvalue weighted by molar-refractivity contribution is 5.92. The van der Waals surface area contributed by atoms with Crippen LogP contribution in [-0.2, 0) is 28.1 Å². The summed E-state index contributed by atoms with van der Waals surface area (Å²) in [5, 5.41) is 4.77. The Morgan fingerprint density at radius 3 is 2.24 bits per heavy atom. The highest BCUT2D eigenvalue weighted by Crippen LogP contribution is 2.57. The van der Waals surface area contributed by atoms with Crippen LogP contribution in [0.25, 0.3) is 11.2 Å². The lowest BCUT2D eigenvalue weighted by Gasteiger charge is -2.24. The molecule has 0 aliphatic heterocycles. The highest BCUT2D eigenvalue weighted by Gasteiger charge is 2.68. The number of nitrogens with zero attached hydrogens (tertiary/aromatic N) is 3. The van der Waals surface area contributed by atoms with Crippen molar-refractivity contribution in [3.8, 4) is 0 Å². The molecule has 0 bridgehead atoms. The normalized spacial score (nSPS) is 17.5. The predicted octanol–water partition coefficient (Wildman–Crippen LogP) is 4.93. The summed E-state index contributed by atoms with van der Waals surface area (Å²) in [6.07, 6.45) is -3.14. The predicted molar refractivity (Wildman–Crippen MR) is 142 cm³/mol. The number of imidazole rings is 1. The van der Waals surface area contributed by atoms with Crippen molar-refractivity contribution in [2.45, 2.75) is 56.4 Å². The van der Waals surface area contributed by atoms with Crippen LogP contribution < -0.4 is 10.6 Å². The summed E-state index contributed by atoms with van der Waals surface area (Å²) in [5.74, 6) is -3.82. The molecule has 0 spiro atoms. The Hall–Kier alpha value is -4.35. The molecule has 12 heteroatoms. The molecular weight excluding hydrogens is 557 g/mol. The average Bonchev–Trinajstić information content (AvgIpc) is 3.90. The number of aromatic nitrogens is 3. The van der Waals surface area contributed by atoms with E-state index in [9.17, 15) is 31.5 Å². The topological polar surface area (TPSA) is 88.9 Å². The zero-order valence-electron chi connectivity index (χ0n) is 22.2. The van der Waals surface area contributed by atoms with Crippen molar-refractivity contribution in [2.75, 3.05) is 0 Å². The summed E-state index contributed by atoms with van der Waals surface area (Å²) in [7, 11) is 0. The van der Waals surface area contributed by atoms with Crippen molar-refractivity contribution in [2.24, 2.45) is 5.41 Å². The highest BCUT2D eigenvalue weighted by atomic mass is 19.4. The molecule has 7 nitrogen and oxygen atoms in total. The van der Waals surface area contributed by atoms with Gasteiger partial charge >= 0.3 is 6.18 Å². The Morgan fingerprint density at radius 2 is 1.62 bits per heavy atom. The van der Waals surface area contributed by atoms with Gasteiger partial charge in [-0.25, -0.2) is 18.7 Å². The SMILES string of the molecule is O=C(NCc1nc2cccnc2n1C1(c2ccccc2)CC1)C(Cc1c(F)cccc1F)NC(=O)C1(C(F)(F)F)CC1. The second-order valence-corrected chi connectivity index (χ2v) is 10.8. The zero-order valence-corrected chi connectivity index (χ0v) is 22.2. The van der Waals surface area contributed by atoms with E-state index in [0.29, 0.717) is 17.0 Å². The third kappa shape index (κ3) is 4.78. The number of rotatable bonds is 9. The van der Waals surface area contributed by atoms with Crippen LogP contribution in [0.15, 0.2) is 66.9 Å². The quantitative estimate of drug-likeness (QED) is 0.274. The van der Waals surface area contributed by atoms with Crippen molar-refractivity contribution >= 4 is 23.0 Å². The fraction of sp³-hybridized carbons (Fsp3) is 0.333. The van der Waals surface area contributed by atoms with Gasteiger partial charge in [-0.2, -0.15) is 13.2 Å². The molecule has 2 amide bonds. The van der Waals surface area contributed by atoms with E-state index in [-0.39, 0.29) is 6.54 Å². The Balaban J connectivity index is 1.30. The number of alkyl halides is 3. The molecule has 2 heterocycles. The number of carbonyl (C=O) groups is 2. The first kappa shape index (κ1) is 27.8. The van der Waals surface area contributed by atoms with Gasteiger partial charge in [0.25, 0.3) is 0 Å². The van der Waals surface area contributed by atoms with E-state index in [0.717, 1.165) is 36.6 Å². The van der Waals surface area contributed by atoms with Crippen molar-refractivity contribution in [1.82, 2.24) is 25.2 Å². The van der Waals surface area contributed by atoms with Crippen LogP contribution in [0.5, 0.6) is 0 Å². The van der Waals surface area contributed by atoms with Crippen LogP contribution >= 0.6 is 0 Å². The van der Waals surface area contributed by atoms with Gasteiger partial charge in [0.1, 0.15) is 34.4 Å². The number of pyridine rings is 1. The molecule has 0 radical (unpaired) electrons.